The van der Waals surface area contributed by atoms with E-state index in [0.29, 0.717) is 5.56 Å². The molecule has 1 fully saturated rings. The molecular formula is C19H25N3O5S. The SMILES string of the molecule is CCS(=O)(=O)NCCNC(=O)c1ccc2c(c1)C(=O)N(C1CCCCC1)C2=O. The maximum absolute atomic E-state index is 12.8. The maximum Gasteiger partial charge on any atom is 0.261 e. The van der Waals surface area contributed by atoms with Crippen molar-refractivity contribution < 1.29 is 22.8 Å². The molecule has 1 saturated carbocycles. The van der Waals surface area contributed by atoms with Crippen LogP contribution in [-0.2, 0) is 10.0 Å². The number of carbonyl (C=O) groups is 3. The van der Waals surface area contributed by atoms with Gasteiger partial charge in [0.25, 0.3) is 17.7 Å². The fourth-order valence-electron chi connectivity index (χ4n) is 3.66. The predicted molar refractivity (Wildman–Crippen MR) is 104 cm³/mol. The summed E-state index contributed by atoms with van der Waals surface area (Å²) < 4.78 is 25.1. The van der Waals surface area contributed by atoms with Crippen molar-refractivity contribution in [3.8, 4) is 0 Å². The number of fused-ring (bicyclic) bond motifs is 1. The van der Waals surface area contributed by atoms with Crippen LogP contribution in [0.3, 0.4) is 0 Å². The van der Waals surface area contributed by atoms with Crippen LogP contribution >= 0.6 is 0 Å². The zero-order valence-electron chi connectivity index (χ0n) is 15.9. The van der Waals surface area contributed by atoms with E-state index in [0.717, 1.165) is 32.1 Å². The number of hydrogen-bond donors (Lipinski definition) is 2. The van der Waals surface area contributed by atoms with E-state index in [9.17, 15) is 22.8 Å². The average molecular weight is 407 g/mol. The summed E-state index contributed by atoms with van der Waals surface area (Å²) >= 11 is 0. The Morgan fingerprint density at radius 2 is 1.75 bits per heavy atom. The Balaban J connectivity index is 1.66. The summed E-state index contributed by atoms with van der Waals surface area (Å²) in [5.41, 5.74) is 0.862. The summed E-state index contributed by atoms with van der Waals surface area (Å²) in [6.07, 6.45) is 4.79. The van der Waals surface area contributed by atoms with Crippen LogP contribution in [0.25, 0.3) is 0 Å². The molecule has 2 N–H and O–H groups in total. The molecule has 1 aliphatic carbocycles. The largest absolute Gasteiger partial charge is 0.351 e. The minimum Gasteiger partial charge on any atom is -0.351 e. The average Bonchev–Trinajstić information content (AvgIpc) is 2.95. The number of nitrogens with one attached hydrogen (secondary N) is 2. The highest BCUT2D eigenvalue weighted by Gasteiger charge is 2.40. The Hall–Kier alpha value is -2.26. The Kier molecular flexibility index (Phi) is 6.14. The molecule has 1 aromatic carbocycles. The second-order valence-corrected chi connectivity index (χ2v) is 9.18. The third-order valence-electron chi connectivity index (χ3n) is 5.23. The van der Waals surface area contributed by atoms with Gasteiger partial charge < -0.3 is 5.32 Å². The van der Waals surface area contributed by atoms with Crippen LogP contribution in [0.15, 0.2) is 18.2 Å². The first-order valence-electron chi connectivity index (χ1n) is 9.61. The Morgan fingerprint density at radius 1 is 1.07 bits per heavy atom. The first-order chi connectivity index (χ1) is 13.3. The number of rotatable bonds is 7. The topological polar surface area (TPSA) is 113 Å². The van der Waals surface area contributed by atoms with E-state index in [1.807, 2.05) is 0 Å². The van der Waals surface area contributed by atoms with Gasteiger partial charge in [0.05, 0.1) is 16.9 Å². The summed E-state index contributed by atoms with van der Waals surface area (Å²) in [6, 6.07) is 4.42. The van der Waals surface area contributed by atoms with Crippen molar-refractivity contribution in [2.45, 2.75) is 45.1 Å². The number of sulfonamides is 1. The fourth-order valence-corrected chi connectivity index (χ4v) is 4.28. The summed E-state index contributed by atoms with van der Waals surface area (Å²) in [4.78, 5) is 39.1. The van der Waals surface area contributed by atoms with Gasteiger partial charge in [-0.25, -0.2) is 13.1 Å². The summed E-state index contributed by atoms with van der Waals surface area (Å²) in [5, 5.41) is 2.61. The third kappa shape index (κ3) is 4.25. The quantitative estimate of drug-likeness (QED) is 0.522. The molecule has 0 aromatic heterocycles. The minimum atomic E-state index is -3.31. The molecule has 3 rings (SSSR count). The highest BCUT2D eigenvalue weighted by Crippen LogP contribution is 2.31. The summed E-state index contributed by atoms with van der Waals surface area (Å²) in [6.45, 7) is 1.73. The molecule has 0 unspecified atom stereocenters. The molecule has 0 spiro atoms. The van der Waals surface area contributed by atoms with Gasteiger partial charge in [0.15, 0.2) is 0 Å². The molecule has 0 bridgehead atoms. The Bertz CT molecular complexity index is 891. The molecule has 3 amide bonds. The number of carbonyl (C=O) groups excluding carboxylic acids is 3. The number of nitrogens with zero attached hydrogens (tertiary/aromatic N) is 1. The van der Waals surface area contributed by atoms with E-state index in [1.165, 1.54) is 30.0 Å². The van der Waals surface area contributed by atoms with Gasteiger partial charge in [-0.15, -0.1) is 0 Å². The van der Waals surface area contributed by atoms with E-state index in [-0.39, 0.29) is 47.8 Å². The first-order valence-corrected chi connectivity index (χ1v) is 11.3. The highest BCUT2D eigenvalue weighted by molar-refractivity contribution is 7.89. The van der Waals surface area contributed by atoms with Crippen molar-refractivity contribution in [1.29, 1.82) is 0 Å². The monoisotopic (exact) mass is 407 g/mol. The van der Waals surface area contributed by atoms with Crippen molar-refractivity contribution in [3.63, 3.8) is 0 Å². The smallest absolute Gasteiger partial charge is 0.261 e. The molecule has 1 heterocycles. The molecule has 1 aliphatic heterocycles. The third-order valence-corrected chi connectivity index (χ3v) is 6.64. The highest BCUT2D eigenvalue weighted by atomic mass is 32.2. The summed E-state index contributed by atoms with van der Waals surface area (Å²) in [5.74, 6) is -1.07. The van der Waals surface area contributed by atoms with Crippen molar-refractivity contribution in [1.82, 2.24) is 14.9 Å². The van der Waals surface area contributed by atoms with Crippen LogP contribution in [-0.4, -0.2) is 55.9 Å². The molecule has 0 saturated heterocycles. The van der Waals surface area contributed by atoms with Gasteiger partial charge in [-0.2, -0.15) is 0 Å². The van der Waals surface area contributed by atoms with Crippen molar-refractivity contribution in [2.24, 2.45) is 0 Å². The molecule has 0 atom stereocenters. The Labute approximate surface area is 164 Å². The van der Waals surface area contributed by atoms with E-state index < -0.39 is 15.9 Å². The van der Waals surface area contributed by atoms with Crippen LogP contribution < -0.4 is 10.0 Å². The fraction of sp³-hybridized carbons (Fsp3) is 0.526. The lowest BCUT2D eigenvalue weighted by molar-refractivity contribution is 0.0548. The number of hydrogen-bond acceptors (Lipinski definition) is 5. The number of benzene rings is 1. The van der Waals surface area contributed by atoms with Gasteiger partial charge in [0, 0.05) is 24.7 Å². The second-order valence-electron chi connectivity index (χ2n) is 7.09. The van der Waals surface area contributed by atoms with E-state index >= 15 is 0 Å². The molecule has 28 heavy (non-hydrogen) atoms. The summed E-state index contributed by atoms with van der Waals surface area (Å²) in [7, 11) is -3.31. The van der Waals surface area contributed by atoms with Crippen molar-refractivity contribution in [2.75, 3.05) is 18.8 Å². The molecule has 8 nitrogen and oxygen atoms in total. The Morgan fingerprint density at radius 3 is 2.43 bits per heavy atom. The van der Waals surface area contributed by atoms with Crippen LogP contribution in [0, 0.1) is 0 Å². The molecule has 152 valence electrons. The van der Waals surface area contributed by atoms with E-state index in [4.69, 9.17) is 0 Å². The van der Waals surface area contributed by atoms with Gasteiger partial charge >= 0.3 is 0 Å². The van der Waals surface area contributed by atoms with Crippen LogP contribution in [0.1, 0.15) is 70.1 Å². The standard InChI is InChI=1S/C19H25N3O5S/c1-2-28(26,27)21-11-10-20-17(23)13-8-9-15-16(12-13)19(25)22(18(15)24)14-6-4-3-5-7-14/h8-9,12,14,21H,2-7,10-11H2,1H3,(H,20,23). The predicted octanol–water partition coefficient (Wildman–Crippen LogP) is 1.28. The van der Waals surface area contributed by atoms with E-state index in [2.05, 4.69) is 10.0 Å². The van der Waals surface area contributed by atoms with Gasteiger partial charge in [-0.3, -0.25) is 19.3 Å². The molecule has 0 radical (unpaired) electrons. The van der Waals surface area contributed by atoms with Crippen LogP contribution in [0.2, 0.25) is 0 Å². The normalized spacial score (nSPS) is 17.7. The maximum atomic E-state index is 12.8. The second kappa shape index (κ2) is 8.40. The van der Waals surface area contributed by atoms with Crippen LogP contribution in [0.5, 0.6) is 0 Å². The minimum absolute atomic E-state index is 0.0284. The zero-order valence-corrected chi connectivity index (χ0v) is 16.7. The van der Waals surface area contributed by atoms with Crippen molar-refractivity contribution in [3.05, 3.63) is 34.9 Å². The van der Waals surface area contributed by atoms with Gasteiger partial charge in [-0.1, -0.05) is 19.3 Å². The first kappa shape index (κ1) is 20.5. The lowest BCUT2D eigenvalue weighted by Crippen LogP contribution is -2.40. The molecule has 9 heteroatoms. The molecular weight excluding hydrogens is 382 g/mol. The lowest BCUT2D eigenvalue weighted by atomic mass is 9.94. The van der Waals surface area contributed by atoms with Gasteiger partial charge in [0.2, 0.25) is 10.0 Å². The zero-order chi connectivity index (χ0) is 20.3. The van der Waals surface area contributed by atoms with Crippen LogP contribution in [0.4, 0.5) is 0 Å². The molecule has 1 aromatic rings. The lowest BCUT2D eigenvalue weighted by Gasteiger charge is -2.29. The van der Waals surface area contributed by atoms with Gasteiger partial charge in [0.1, 0.15) is 0 Å². The number of imide groups is 1. The van der Waals surface area contributed by atoms with E-state index in [1.54, 1.807) is 0 Å². The van der Waals surface area contributed by atoms with Gasteiger partial charge in [-0.05, 0) is 38.0 Å². The molecule has 2 aliphatic rings. The number of amides is 3. The van der Waals surface area contributed by atoms with Crippen molar-refractivity contribution >= 4 is 27.7 Å².